The van der Waals surface area contributed by atoms with Crippen LogP contribution in [0.1, 0.15) is 168 Å². The van der Waals surface area contributed by atoms with E-state index < -0.39 is 0 Å². The summed E-state index contributed by atoms with van der Waals surface area (Å²) in [5.74, 6) is 0.0508. The number of ether oxygens (including phenoxy) is 1. The van der Waals surface area contributed by atoms with Crippen LogP contribution in [0.2, 0.25) is 0 Å². The molecule has 0 saturated heterocycles. The predicted molar refractivity (Wildman–Crippen MR) is 154 cm³/mol. The van der Waals surface area contributed by atoms with Gasteiger partial charge in [0.2, 0.25) is 0 Å². The van der Waals surface area contributed by atoms with Crippen molar-refractivity contribution in [2.24, 2.45) is 0 Å². The van der Waals surface area contributed by atoms with E-state index in [9.17, 15) is 4.79 Å². The highest BCUT2D eigenvalue weighted by molar-refractivity contribution is 5.69. The summed E-state index contributed by atoms with van der Waals surface area (Å²) >= 11 is 0. The quantitative estimate of drug-likeness (QED) is 0.0884. The lowest BCUT2D eigenvalue weighted by molar-refractivity contribution is -0.150. The van der Waals surface area contributed by atoms with Crippen LogP contribution in [0.4, 0.5) is 0 Å². The van der Waals surface area contributed by atoms with E-state index in [-0.39, 0.29) is 12.1 Å². The van der Waals surface area contributed by atoms with Gasteiger partial charge in [0.05, 0.1) is 6.33 Å². The first-order chi connectivity index (χ1) is 17.8. The van der Waals surface area contributed by atoms with Crippen molar-refractivity contribution in [2.45, 2.75) is 181 Å². The molecule has 1 aromatic rings. The molecular weight excluding hydrogens is 444 g/mol. The third-order valence-electron chi connectivity index (χ3n) is 7.41. The maximum absolute atomic E-state index is 12.5. The predicted octanol–water partition coefficient (Wildman–Crippen LogP) is 10.2. The molecule has 0 aliphatic rings. The van der Waals surface area contributed by atoms with Crippen molar-refractivity contribution in [1.82, 2.24) is 9.55 Å². The zero-order valence-electron chi connectivity index (χ0n) is 24.2. The number of hydrogen-bond acceptors (Lipinski definition) is 3. The summed E-state index contributed by atoms with van der Waals surface area (Å²) in [6.45, 7) is 5.63. The van der Waals surface area contributed by atoms with Crippen LogP contribution in [0.15, 0.2) is 18.7 Å². The van der Waals surface area contributed by atoms with E-state index in [1.807, 2.05) is 18.7 Å². The van der Waals surface area contributed by atoms with Crippen molar-refractivity contribution < 1.29 is 9.53 Å². The molecule has 4 nitrogen and oxygen atoms in total. The number of unbranched alkanes of at least 4 members (excludes halogenated alkanes) is 18. The van der Waals surface area contributed by atoms with Crippen LogP contribution in [0.5, 0.6) is 0 Å². The molecule has 0 atom stereocenters. The van der Waals surface area contributed by atoms with Gasteiger partial charge in [0.1, 0.15) is 6.10 Å². The van der Waals surface area contributed by atoms with Gasteiger partial charge in [-0.05, 0) is 38.5 Å². The number of aryl methyl sites for hydroxylation is 1. The van der Waals surface area contributed by atoms with E-state index >= 15 is 0 Å². The monoisotopic (exact) mass is 504 g/mol. The van der Waals surface area contributed by atoms with Crippen molar-refractivity contribution in [2.75, 3.05) is 0 Å². The number of esters is 1. The number of aromatic nitrogens is 2. The van der Waals surface area contributed by atoms with E-state index in [0.717, 1.165) is 32.2 Å². The van der Waals surface area contributed by atoms with Gasteiger partial charge >= 0.3 is 5.97 Å². The van der Waals surface area contributed by atoms with Gasteiger partial charge in [0, 0.05) is 25.4 Å². The van der Waals surface area contributed by atoms with Gasteiger partial charge in [0.15, 0.2) is 0 Å². The summed E-state index contributed by atoms with van der Waals surface area (Å²) in [5.41, 5.74) is 0. The summed E-state index contributed by atoms with van der Waals surface area (Å²) in [6, 6.07) is 0. The van der Waals surface area contributed by atoms with Gasteiger partial charge in [-0.3, -0.25) is 4.79 Å². The topological polar surface area (TPSA) is 44.1 Å². The number of rotatable bonds is 27. The fourth-order valence-electron chi connectivity index (χ4n) is 5.03. The second-order valence-corrected chi connectivity index (χ2v) is 11.0. The van der Waals surface area contributed by atoms with Crippen molar-refractivity contribution in [3.8, 4) is 0 Å². The largest absolute Gasteiger partial charge is 0.462 e. The van der Waals surface area contributed by atoms with Crippen molar-refractivity contribution >= 4 is 5.97 Å². The molecule has 36 heavy (non-hydrogen) atoms. The highest BCUT2D eigenvalue weighted by atomic mass is 16.5. The Kier molecular flexibility index (Phi) is 23.0. The number of imidazole rings is 1. The van der Waals surface area contributed by atoms with E-state index in [2.05, 4.69) is 23.4 Å². The number of carbonyl (C=O) groups excluding carboxylic acids is 1. The Bertz CT molecular complexity index is 557. The standard InChI is InChI=1S/C32H60N2O2/c1-3-5-7-9-16-20-24-31(25-21-17-10-8-6-4-2)36-32(35)26-22-18-14-12-11-13-15-19-23-28-34-29-27-33-30-34/h27,29-31H,3-26,28H2,1-2H3. The minimum absolute atomic E-state index is 0.0508. The lowest BCUT2D eigenvalue weighted by atomic mass is 10.0. The molecule has 0 bridgehead atoms. The molecule has 0 unspecified atom stereocenters. The first-order valence-corrected chi connectivity index (χ1v) is 15.9. The average Bonchev–Trinajstić information content (AvgIpc) is 3.40. The van der Waals surface area contributed by atoms with Crippen LogP contribution < -0.4 is 0 Å². The van der Waals surface area contributed by atoms with Gasteiger partial charge < -0.3 is 9.30 Å². The molecule has 0 radical (unpaired) electrons. The Morgan fingerprint density at radius 1 is 0.667 bits per heavy atom. The van der Waals surface area contributed by atoms with Crippen molar-refractivity contribution in [3.63, 3.8) is 0 Å². The van der Waals surface area contributed by atoms with Gasteiger partial charge in [-0.25, -0.2) is 4.98 Å². The Hall–Kier alpha value is -1.32. The smallest absolute Gasteiger partial charge is 0.306 e. The molecule has 0 fully saturated rings. The van der Waals surface area contributed by atoms with Crippen LogP contribution >= 0.6 is 0 Å². The van der Waals surface area contributed by atoms with Crippen LogP contribution in [-0.2, 0) is 16.1 Å². The summed E-state index contributed by atoms with van der Waals surface area (Å²) in [7, 11) is 0. The lowest BCUT2D eigenvalue weighted by Crippen LogP contribution is -2.18. The summed E-state index contributed by atoms with van der Waals surface area (Å²) in [6.07, 6.45) is 35.6. The number of carbonyl (C=O) groups is 1. The minimum atomic E-state index is 0.0508. The van der Waals surface area contributed by atoms with E-state index in [0.29, 0.717) is 6.42 Å². The van der Waals surface area contributed by atoms with E-state index in [1.165, 1.54) is 122 Å². The molecule has 1 aromatic heterocycles. The molecule has 0 aliphatic carbocycles. The first kappa shape index (κ1) is 32.7. The Morgan fingerprint density at radius 3 is 1.64 bits per heavy atom. The second kappa shape index (κ2) is 25.3. The zero-order valence-corrected chi connectivity index (χ0v) is 24.2. The average molecular weight is 505 g/mol. The van der Waals surface area contributed by atoms with Gasteiger partial charge in [-0.15, -0.1) is 0 Å². The van der Waals surface area contributed by atoms with E-state index in [4.69, 9.17) is 4.74 Å². The van der Waals surface area contributed by atoms with Crippen LogP contribution in [0.3, 0.4) is 0 Å². The Labute approximate surface area is 224 Å². The fourth-order valence-corrected chi connectivity index (χ4v) is 5.03. The summed E-state index contributed by atoms with van der Waals surface area (Å²) in [5, 5.41) is 0. The molecule has 210 valence electrons. The molecule has 4 heteroatoms. The molecule has 0 amide bonds. The van der Waals surface area contributed by atoms with Crippen LogP contribution in [-0.4, -0.2) is 21.6 Å². The normalized spacial score (nSPS) is 11.4. The fraction of sp³-hybridized carbons (Fsp3) is 0.875. The van der Waals surface area contributed by atoms with Gasteiger partial charge in [-0.2, -0.15) is 0 Å². The van der Waals surface area contributed by atoms with Crippen molar-refractivity contribution in [1.29, 1.82) is 0 Å². The molecule has 0 spiro atoms. The molecule has 1 heterocycles. The molecule has 0 saturated carbocycles. The third-order valence-corrected chi connectivity index (χ3v) is 7.41. The van der Waals surface area contributed by atoms with E-state index in [1.54, 1.807) is 0 Å². The van der Waals surface area contributed by atoms with Gasteiger partial charge in [0.25, 0.3) is 0 Å². The second-order valence-electron chi connectivity index (χ2n) is 11.0. The maximum Gasteiger partial charge on any atom is 0.306 e. The number of hydrogen-bond donors (Lipinski definition) is 0. The minimum Gasteiger partial charge on any atom is -0.462 e. The molecule has 0 N–H and O–H groups in total. The molecule has 1 rings (SSSR count). The van der Waals surface area contributed by atoms with Crippen LogP contribution in [0, 0.1) is 0 Å². The van der Waals surface area contributed by atoms with Gasteiger partial charge in [-0.1, -0.05) is 123 Å². The lowest BCUT2D eigenvalue weighted by Gasteiger charge is -2.18. The Morgan fingerprint density at radius 2 is 1.14 bits per heavy atom. The highest BCUT2D eigenvalue weighted by Gasteiger charge is 2.14. The Balaban J connectivity index is 2.05. The summed E-state index contributed by atoms with van der Waals surface area (Å²) < 4.78 is 8.13. The number of nitrogens with zero attached hydrogens (tertiary/aromatic N) is 2. The highest BCUT2D eigenvalue weighted by Crippen LogP contribution is 2.18. The maximum atomic E-state index is 12.5. The van der Waals surface area contributed by atoms with Crippen molar-refractivity contribution in [3.05, 3.63) is 18.7 Å². The molecule has 0 aromatic carbocycles. The first-order valence-electron chi connectivity index (χ1n) is 15.9. The third kappa shape index (κ3) is 20.8. The molecular formula is C32H60N2O2. The van der Waals surface area contributed by atoms with Crippen LogP contribution in [0.25, 0.3) is 0 Å². The zero-order chi connectivity index (χ0) is 25.9. The summed E-state index contributed by atoms with van der Waals surface area (Å²) in [4.78, 5) is 16.6. The SMILES string of the molecule is CCCCCCCCC(CCCCCCCC)OC(=O)CCCCCCCCCCCn1ccnc1. The molecule has 0 aliphatic heterocycles.